The summed E-state index contributed by atoms with van der Waals surface area (Å²) >= 11 is 0. The number of pyridine rings is 6. The van der Waals surface area contributed by atoms with Gasteiger partial charge in [-0.3, -0.25) is 34.7 Å². The SMILES string of the molecule is O=C(O)CCCc1ccnc(-c2ccccn2)c1.[Ru+2].c1ccc(-c2ccccn2)nc1.c1ccc(-c2ccnc3c2ccc2c(-c4ccccc4)ccnc23)cc1. The molecule has 0 aliphatic carbocycles. The average Bonchev–Trinajstić information content (AvgIpc) is 3.28. The van der Waals surface area contributed by atoms with Crippen molar-refractivity contribution >= 4 is 27.8 Å². The number of carbonyl (C=O) groups is 1. The molecule has 0 saturated carbocycles. The van der Waals surface area contributed by atoms with Crippen molar-refractivity contribution in [2.24, 2.45) is 0 Å². The summed E-state index contributed by atoms with van der Waals surface area (Å²) in [5.41, 5.74) is 11.2. The molecule has 9 heteroatoms. The Balaban J connectivity index is 0.000000154. The average molecular weight is 832 g/mol. The molecule has 0 amide bonds. The molecule has 57 heavy (non-hydrogen) atoms. The Morgan fingerprint density at radius 2 is 0.860 bits per heavy atom. The Morgan fingerprint density at radius 1 is 0.439 bits per heavy atom. The maximum atomic E-state index is 10.5. The number of carboxylic acids is 1. The van der Waals surface area contributed by atoms with Gasteiger partial charge in [-0.2, -0.15) is 0 Å². The van der Waals surface area contributed by atoms with Gasteiger partial charge in [0.25, 0.3) is 0 Å². The van der Waals surface area contributed by atoms with Gasteiger partial charge >= 0.3 is 25.4 Å². The Kier molecular flexibility index (Phi) is 14.1. The van der Waals surface area contributed by atoms with E-state index in [1.54, 1.807) is 24.8 Å². The first-order chi connectivity index (χ1) is 27.6. The van der Waals surface area contributed by atoms with Crippen molar-refractivity contribution in [2.45, 2.75) is 19.3 Å². The minimum atomic E-state index is -0.756. The van der Waals surface area contributed by atoms with E-state index >= 15 is 0 Å². The first-order valence-corrected chi connectivity index (χ1v) is 18.3. The number of aromatic nitrogens is 6. The molecule has 0 bridgehead atoms. The van der Waals surface area contributed by atoms with Gasteiger partial charge < -0.3 is 5.11 Å². The second-order valence-electron chi connectivity index (χ2n) is 12.7. The molecule has 9 rings (SSSR count). The second-order valence-corrected chi connectivity index (χ2v) is 12.7. The molecular weight excluding hydrogens is 794 g/mol. The summed E-state index contributed by atoms with van der Waals surface area (Å²) in [6, 6.07) is 50.5. The smallest absolute Gasteiger partial charge is 0.481 e. The van der Waals surface area contributed by atoms with Crippen LogP contribution in [0.25, 0.3) is 66.8 Å². The number of benzene rings is 3. The van der Waals surface area contributed by atoms with E-state index < -0.39 is 5.97 Å². The molecule has 0 spiro atoms. The summed E-state index contributed by atoms with van der Waals surface area (Å²) < 4.78 is 0. The van der Waals surface area contributed by atoms with Gasteiger partial charge in [0.05, 0.1) is 33.8 Å². The predicted octanol–water partition coefficient (Wildman–Crippen LogP) is 10.8. The van der Waals surface area contributed by atoms with Crippen molar-refractivity contribution in [3.63, 3.8) is 0 Å². The number of hydrogen-bond acceptors (Lipinski definition) is 7. The van der Waals surface area contributed by atoms with E-state index in [1.807, 2.05) is 91.3 Å². The van der Waals surface area contributed by atoms with Crippen LogP contribution < -0.4 is 0 Å². The van der Waals surface area contributed by atoms with Crippen LogP contribution in [0.15, 0.2) is 189 Å². The van der Waals surface area contributed by atoms with Crippen LogP contribution >= 0.6 is 0 Å². The molecule has 0 saturated heterocycles. The zero-order valence-corrected chi connectivity index (χ0v) is 32.6. The van der Waals surface area contributed by atoms with Crippen LogP contribution in [0.3, 0.4) is 0 Å². The molecule has 0 radical (unpaired) electrons. The minimum absolute atomic E-state index is 0. The number of aliphatic carboxylic acids is 1. The molecule has 0 atom stereocenters. The third kappa shape index (κ3) is 10.5. The van der Waals surface area contributed by atoms with E-state index in [0.717, 1.165) is 56.6 Å². The topological polar surface area (TPSA) is 115 Å². The fraction of sp³-hybridized carbons (Fsp3) is 0.0625. The van der Waals surface area contributed by atoms with Crippen LogP contribution in [0.4, 0.5) is 0 Å². The Hall–Kier alpha value is -6.83. The molecule has 1 N–H and O–H groups in total. The van der Waals surface area contributed by atoms with Gasteiger partial charge in [0.2, 0.25) is 0 Å². The van der Waals surface area contributed by atoms with Crippen LogP contribution in [-0.4, -0.2) is 41.0 Å². The summed E-state index contributed by atoms with van der Waals surface area (Å²) in [5, 5.41) is 10.9. The van der Waals surface area contributed by atoms with Crippen LogP contribution in [0.5, 0.6) is 0 Å². The molecule has 9 aromatic rings. The third-order valence-corrected chi connectivity index (χ3v) is 8.99. The van der Waals surface area contributed by atoms with E-state index in [0.29, 0.717) is 6.42 Å². The predicted molar refractivity (Wildman–Crippen MR) is 223 cm³/mol. The molecule has 0 aliphatic heterocycles. The van der Waals surface area contributed by atoms with Gasteiger partial charge in [-0.05, 0) is 101 Å². The van der Waals surface area contributed by atoms with E-state index in [1.165, 1.54) is 22.3 Å². The second kappa shape index (κ2) is 20.2. The fourth-order valence-corrected chi connectivity index (χ4v) is 6.32. The molecule has 0 fully saturated rings. The molecule has 6 aromatic heterocycles. The fourth-order valence-electron chi connectivity index (χ4n) is 6.32. The summed E-state index contributed by atoms with van der Waals surface area (Å²) in [7, 11) is 0. The van der Waals surface area contributed by atoms with Crippen molar-refractivity contribution in [3.8, 4) is 45.0 Å². The van der Waals surface area contributed by atoms with Crippen LogP contribution in [0.1, 0.15) is 18.4 Å². The quantitative estimate of drug-likeness (QED) is 0.119. The van der Waals surface area contributed by atoms with Crippen molar-refractivity contribution in [3.05, 3.63) is 194 Å². The molecule has 8 nitrogen and oxygen atoms in total. The zero-order chi connectivity index (χ0) is 38.4. The summed E-state index contributed by atoms with van der Waals surface area (Å²) in [5.74, 6) is -0.756. The Morgan fingerprint density at radius 3 is 1.30 bits per heavy atom. The van der Waals surface area contributed by atoms with E-state index in [4.69, 9.17) is 5.11 Å². The summed E-state index contributed by atoms with van der Waals surface area (Å²) in [6.45, 7) is 0. The van der Waals surface area contributed by atoms with Gasteiger partial charge in [-0.25, -0.2) is 0 Å². The number of aryl methyl sites for hydroxylation is 1. The van der Waals surface area contributed by atoms with Gasteiger partial charge in [0, 0.05) is 54.4 Å². The molecular formula is C48H38N6O2Ru+2. The monoisotopic (exact) mass is 832 g/mol. The third-order valence-electron chi connectivity index (χ3n) is 8.99. The van der Waals surface area contributed by atoms with Gasteiger partial charge in [-0.1, -0.05) is 91.0 Å². The van der Waals surface area contributed by atoms with E-state index in [9.17, 15) is 4.79 Å². The van der Waals surface area contributed by atoms with Gasteiger partial charge in [-0.15, -0.1) is 0 Å². The zero-order valence-electron chi connectivity index (χ0n) is 30.9. The van der Waals surface area contributed by atoms with E-state index in [-0.39, 0.29) is 25.9 Å². The van der Waals surface area contributed by atoms with Crippen LogP contribution in [0.2, 0.25) is 0 Å². The normalized spacial score (nSPS) is 10.3. The van der Waals surface area contributed by atoms with Crippen molar-refractivity contribution in [2.75, 3.05) is 0 Å². The summed E-state index contributed by atoms with van der Waals surface area (Å²) in [6.07, 6.45) is 12.3. The number of hydrogen-bond donors (Lipinski definition) is 1. The maximum absolute atomic E-state index is 10.5. The number of carboxylic acid groups (broad SMARTS) is 1. The molecule has 6 heterocycles. The van der Waals surface area contributed by atoms with Gasteiger partial charge in [0.1, 0.15) is 0 Å². The summed E-state index contributed by atoms with van der Waals surface area (Å²) in [4.78, 5) is 36.7. The van der Waals surface area contributed by atoms with Crippen molar-refractivity contribution < 1.29 is 29.4 Å². The first-order valence-electron chi connectivity index (χ1n) is 18.3. The molecule has 0 unspecified atom stereocenters. The number of rotatable bonds is 8. The molecule has 0 aliphatic rings. The first kappa shape index (κ1) is 39.9. The van der Waals surface area contributed by atoms with Crippen LogP contribution in [0, 0.1) is 0 Å². The number of nitrogens with zero attached hydrogens (tertiary/aromatic N) is 6. The minimum Gasteiger partial charge on any atom is -0.481 e. The van der Waals surface area contributed by atoms with E-state index in [2.05, 4.69) is 103 Å². The van der Waals surface area contributed by atoms with Crippen molar-refractivity contribution in [1.29, 1.82) is 0 Å². The van der Waals surface area contributed by atoms with Crippen molar-refractivity contribution in [1.82, 2.24) is 29.9 Å². The Labute approximate surface area is 344 Å². The molecule has 3 aromatic carbocycles. The largest absolute Gasteiger partial charge is 2.00 e. The van der Waals surface area contributed by atoms with Crippen LogP contribution in [-0.2, 0) is 30.7 Å². The Bertz CT molecular complexity index is 2500. The maximum Gasteiger partial charge on any atom is 2.00 e. The number of fused-ring (bicyclic) bond motifs is 3. The van der Waals surface area contributed by atoms with Gasteiger partial charge in [0.15, 0.2) is 0 Å². The standard InChI is InChI=1S/C24H16N2.C14H14N2O2.C10H8N2.Ru/c1-3-7-17(8-4-1)19-13-15-25-23-21(19)11-12-22-20(14-16-26-24(22)23)18-9-5-2-6-10-18;17-14(18)6-3-4-11-7-9-16-13(10-11)12-5-1-2-8-15-12;1-3-7-11-9(5-1)10-6-2-4-8-12-10;/h1-16H;1-2,5,7-10H,3-4,6H2,(H,17,18);1-8H;/q;;;+2. The molecule has 278 valence electrons.